The van der Waals surface area contributed by atoms with Gasteiger partial charge in [0.05, 0.1) is 30.6 Å². The highest BCUT2D eigenvalue weighted by molar-refractivity contribution is 5.65. The largest absolute Gasteiger partial charge is 0.495 e. The summed E-state index contributed by atoms with van der Waals surface area (Å²) in [5, 5.41) is 12.0. The maximum atomic E-state index is 8.83. The van der Waals surface area contributed by atoms with Crippen molar-refractivity contribution in [1.82, 2.24) is 4.98 Å². The Hall–Kier alpha value is -3.26. The first-order valence-electron chi connectivity index (χ1n) is 7.07. The van der Waals surface area contributed by atoms with E-state index in [0.717, 1.165) is 16.8 Å². The zero-order valence-corrected chi connectivity index (χ0v) is 12.8. The summed E-state index contributed by atoms with van der Waals surface area (Å²) in [4.78, 5) is 4.24. The van der Waals surface area contributed by atoms with Crippen LogP contribution in [0.25, 0.3) is 11.3 Å². The molecule has 0 spiro atoms. The number of methoxy groups -OCH3 is 1. The molecule has 0 atom stereocenters. The van der Waals surface area contributed by atoms with Gasteiger partial charge < -0.3 is 14.5 Å². The quantitative estimate of drug-likeness (QED) is 0.779. The number of rotatable bonds is 4. The van der Waals surface area contributed by atoms with Gasteiger partial charge in [0.2, 0.25) is 0 Å². The molecule has 1 heterocycles. The van der Waals surface area contributed by atoms with Crippen molar-refractivity contribution in [2.45, 2.75) is 6.92 Å². The van der Waals surface area contributed by atoms with Gasteiger partial charge in [0, 0.05) is 5.56 Å². The molecular weight excluding hydrogens is 290 g/mol. The maximum absolute atomic E-state index is 8.83. The number of ether oxygens (including phenoxy) is 1. The van der Waals surface area contributed by atoms with Gasteiger partial charge in [0.25, 0.3) is 6.01 Å². The predicted octanol–water partition coefficient (Wildman–Crippen LogP) is 4.27. The minimum absolute atomic E-state index is 0.383. The number of nitrogens with one attached hydrogen (secondary N) is 1. The maximum Gasteiger partial charge on any atom is 0.299 e. The SMILES string of the molecule is COc1ccc(C)cc1Nc1ncc(-c2ccc(C#N)cc2)o1. The lowest BCUT2D eigenvalue weighted by Crippen LogP contribution is -1.95. The molecule has 0 aliphatic rings. The Balaban J connectivity index is 1.85. The normalized spacial score (nSPS) is 10.1. The van der Waals surface area contributed by atoms with E-state index in [1.807, 2.05) is 37.3 Å². The van der Waals surface area contributed by atoms with Crippen molar-refractivity contribution in [2.24, 2.45) is 0 Å². The zero-order valence-electron chi connectivity index (χ0n) is 12.8. The van der Waals surface area contributed by atoms with Crippen LogP contribution in [0.5, 0.6) is 5.75 Å². The zero-order chi connectivity index (χ0) is 16.2. The number of oxazole rings is 1. The number of benzene rings is 2. The highest BCUT2D eigenvalue weighted by Crippen LogP contribution is 2.30. The topological polar surface area (TPSA) is 71.1 Å². The van der Waals surface area contributed by atoms with Crippen LogP contribution in [0.4, 0.5) is 11.7 Å². The lowest BCUT2D eigenvalue weighted by atomic mass is 10.1. The van der Waals surface area contributed by atoms with Crippen LogP contribution in [0, 0.1) is 18.3 Å². The van der Waals surface area contributed by atoms with Gasteiger partial charge in [-0.25, -0.2) is 4.98 Å². The van der Waals surface area contributed by atoms with E-state index >= 15 is 0 Å². The van der Waals surface area contributed by atoms with Crippen molar-refractivity contribution in [2.75, 3.05) is 12.4 Å². The van der Waals surface area contributed by atoms with Crippen LogP contribution in [-0.4, -0.2) is 12.1 Å². The standard InChI is InChI=1S/C18H15N3O2/c1-12-3-8-16(22-2)15(9-12)21-18-20-11-17(23-18)14-6-4-13(10-19)5-7-14/h3-9,11H,1-2H3,(H,20,21). The van der Waals surface area contributed by atoms with Gasteiger partial charge >= 0.3 is 0 Å². The van der Waals surface area contributed by atoms with Crippen molar-refractivity contribution in [1.29, 1.82) is 5.26 Å². The van der Waals surface area contributed by atoms with Gasteiger partial charge in [-0.3, -0.25) is 0 Å². The van der Waals surface area contributed by atoms with Gasteiger partial charge in [0.15, 0.2) is 5.76 Å². The number of nitrogens with zero attached hydrogens (tertiary/aromatic N) is 2. The summed E-state index contributed by atoms with van der Waals surface area (Å²) in [6, 6.07) is 15.4. The Morgan fingerprint density at radius 1 is 1.17 bits per heavy atom. The van der Waals surface area contributed by atoms with Crippen LogP contribution in [-0.2, 0) is 0 Å². The summed E-state index contributed by atoms with van der Waals surface area (Å²) in [7, 11) is 1.62. The van der Waals surface area contributed by atoms with E-state index in [4.69, 9.17) is 14.4 Å². The van der Waals surface area contributed by atoms with Crippen LogP contribution in [0.15, 0.2) is 53.1 Å². The summed E-state index contributed by atoms with van der Waals surface area (Å²) < 4.78 is 11.1. The average Bonchev–Trinajstić information content (AvgIpc) is 3.04. The average molecular weight is 305 g/mol. The predicted molar refractivity (Wildman–Crippen MR) is 87.7 cm³/mol. The van der Waals surface area contributed by atoms with Gasteiger partial charge in [0.1, 0.15) is 5.75 Å². The van der Waals surface area contributed by atoms with E-state index in [1.54, 1.807) is 25.4 Å². The third-order valence-corrected chi connectivity index (χ3v) is 3.40. The van der Waals surface area contributed by atoms with Gasteiger partial charge in [-0.2, -0.15) is 5.26 Å². The van der Waals surface area contributed by atoms with E-state index in [1.165, 1.54) is 0 Å². The molecule has 1 aromatic heterocycles. The second kappa shape index (κ2) is 6.24. The van der Waals surface area contributed by atoms with Crippen molar-refractivity contribution in [3.05, 3.63) is 59.8 Å². The Labute approximate surface area is 134 Å². The Kier molecular flexibility index (Phi) is 3.98. The summed E-state index contributed by atoms with van der Waals surface area (Å²) in [6.07, 6.45) is 1.64. The van der Waals surface area contributed by atoms with Gasteiger partial charge in [-0.05, 0) is 48.9 Å². The number of hydrogen-bond acceptors (Lipinski definition) is 5. The van der Waals surface area contributed by atoms with E-state index in [9.17, 15) is 0 Å². The summed E-state index contributed by atoms with van der Waals surface area (Å²) in [5.41, 5.74) is 3.37. The summed E-state index contributed by atoms with van der Waals surface area (Å²) in [6.45, 7) is 2.00. The first kappa shape index (κ1) is 14.7. The first-order valence-corrected chi connectivity index (χ1v) is 7.07. The van der Waals surface area contributed by atoms with Crippen molar-refractivity contribution in [3.8, 4) is 23.1 Å². The van der Waals surface area contributed by atoms with E-state index < -0.39 is 0 Å². The van der Waals surface area contributed by atoms with Gasteiger partial charge in [-0.15, -0.1) is 0 Å². The fourth-order valence-electron chi connectivity index (χ4n) is 2.21. The molecule has 0 saturated heterocycles. The molecule has 0 saturated carbocycles. The molecule has 2 aromatic carbocycles. The van der Waals surface area contributed by atoms with Crippen LogP contribution >= 0.6 is 0 Å². The Morgan fingerprint density at radius 2 is 1.96 bits per heavy atom. The third kappa shape index (κ3) is 3.16. The molecule has 0 fully saturated rings. The highest BCUT2D eigenvalue weighted by Gasteiger charge is 2.09. The molecule has 1 N–H and O–H groups in total. The molecule has 0 unspecified atom stereocenters. The molecule has 0 aliphatic heterocycles. The van der Waals surface area contributed by atoms with Crippen LogP contribution in [0.2, 0.25) is 0 Å². The lowest BCUT2D eigenvalue weighted by molar-refractivity contribution is 0.416. The summed E-state index contributed by atoms with van der Waals surface area (Å²) >= 11 is 0. The van der Waals surface area contributed by atoms with Crippen molar-refractivity contribution in [3.63, 3.8) is 0 Å². The monoisotopic (exact) mass is 305 g/mol. The third-order valence-electron chi connectivity index (χ3n) is 3.40. The molecular formula is C18H15N3O2. The van der Waals surface area contributed by atoms with Crippen LogP contribution in [0.1, 0.15) is 11.1 Å². The molecule has 0 bridgehead atoms. The highest BCUT2D eigenvalue weighted by atomic mass is 16.5. The molecule has 3 rings (SSSR count). The lowest BCUT2D eigenvalue weighted by Gasteiger charge is -2.09. The smallest absolute Gasteiger partial charge is 0.299 e. The van der Waals surface area contributed by atoms with Gasteiger partial charge in [-0.1, -0.05) is 6.07 Å². The molecule has 5 heteroatoms. The molecule has 23 heavy (non-hydrogen) atoms. The Morgan fingerprint density at radius 3 is 2.65 bits per heavy atom. The number of nitriles is 1. The number of hydrogen-bond donors (Lipinski definition) is 1. The van der Waals surface area contributed by atoms with Crippen molar-refractivity contribution < 1.29 is 9.15 Å². The molecule has 114 valence electrons. The van der Waals surface area contributed by atoms with E-state index in [-0.39, 0.29) is 0 Å². The number of aryl methyl sites for hydroxylation is 1. The number of aromatic nitrogens is 1. The molecule has 5 nitrogen and oxygen atoms in total. The van der Waals surface area contributed by atoms with E-state index in [2.05, 4.69) is 16.4 Å². The number of anilines is 2. The second-order valence-corrected chi connectivity index (χ2v) is 5.05. The molecule has 0 amide bonds. The van der Waals surface area contributed by atoms with Crippen LogP contribution < -0.4 is 10.1 Å². The fourth-order valence-corrected chi connectivity index (χ4v) is 2.21. The second-order valence-electron chi connectivity index (χ2n) is 5.05. The minimum atomic E-state index is 0.383. The molecule has 0 aliphatic carbocycles. The fraction of sp³-hybridized carbons (Fsp3) is 0.111. The Bertz CT molecular complexity index is 861. The van der Waals surface area contributed by atoms with Crippen LogP contribution in [0.3, 0.4) is 0 Å². The van der Waals surface area contributed by atoms with E-state index in [0.29, 0.717) is 23.1 Å². The molecule has 0 radical (unpaired) electrons. The summed E-state index contributed by atoms with van der Waals surface area (Å²) in [5.74, 6) is 1.34. The first-order chi connectivity index (χ1) is 11.2. The minimum Gasteiger partial charge on any atom is -0.495 e. The molecule has 3 aromatic rings. The van der Waals surface area contributed by atoms with Crippen molar-refractivity contribution >= 4 is 11.7 Å².